The Labute approximate surface area is 150 Å². The third-order valence-electron chi connectivity index (χ3n) is 3.79. The van der Waals surface area contributed by atoms with Crippen molar-refractivity contribution < 1.29 is 19.1 Å². The van der Waals surface area contributed by atoms with Crippen molar-refractivity contribution in [1.29, 1.82) is 0 Å². The fourth-order valence-corrected chi connectivity index (χ4v) is 2.48. The average Bonchev–Trinajstić information content (AvgIpc) is 3.10. The van der Waals surface area contributed by atoms with E-state index in [1.54, 1.807) is 43.5 Å². The van der Waals surface area contributed by atoms with Crippen LogP contribution in [0, 0.1) is 0 Å². The Morgan fingerprint density at radius 2 is 1.65 bits per heavy atom. The summed E-state index contributed by atoms with van der Waals surface area (Å²) in [4.78, 5) is 27.3. The van der Waals surface area contributed by atoms with Gasteiger partial charge in [0, 0.05) is 22.5 Å². The van der Waals surface area contributed by atoms with E-state index < -0.39 is 11.8 Å². The molecule has 7 nitrogen and oxygen atoms in total. The molecule has 1 heterocycles. The van der Waals surface area contributed by atoms with Crippen LogP contribution >= 0.6 is 0 Å². The molecule has 0 saturated carbocycles. The zero-order chi connectivity index (χ0) is 18.5. The quantitative estimate of drug-likeness (QED) is 0.615. The number of H-pyrrole nitrogens is 1. The third kappa shape index (κ3) is 3.77. The predicted molar refractivity (Wildman–Crippen MR) is 97.4 cm³/mol. The van der Waals surface area contributed by atoms with Crippen LogP contribution in [0.25, 0.3) is 10.9 Å². The van der Waals surface area contributed by atoms with Crippen LogP contribution in [0.4, 0.5) is 0 Å². The van der Waals surface area contributed by atoms with Crippen molar-refractivity contribution in [3.63, 3.8) is 0 Å². The fourth-order valence-electron chi connectivity index (χ4n) is 2.48. The largest absolute Gasteiger partial charge is 0.497 e. The molecule has 0 saturated heterocycles. The second-order valence-electron chi connectivity index (χ2n) is 5.50. The van der Waals surface area contributed by atoms with Gasteiger partial charge in [-0.3, -0.25) is 20.4 Å². The molecular formula is C19H19N3O4. The van der Waals surface area contributed by atoms with Crippen molar-refractivity contribution in [2.45, 2.75) is 6.92 Å². The van der Waals surface area contributed by atoms with Gasteiger partial charge in [0.05, 0.1) is 13.7 Å². The molecule has 0 aliphatic heterocycles. The molecule has 3 N–H and O–H groups in total. The van der Waals surface area contributed by atoms with Gasteiger partial charge in [-0.1, -0.05) is 0 Å². The van der Waals surface area contributed by atoms with Crippen molar-refractivity contribution in [2.24, 2.45) is 0 Å². The van der Waals surface area contributed by atoms with Crippen LogP contribution in [0.3, 0.4) is 0 Å². The van der Waals surface area contributed by atoms with Crippen LogP contribution in [0.2, 0.25) is 0 Å². The van der Waals surface area contributed by atoms with Gasteiger partial charge < -0.3 is 14.5 Å². The molecule has 0 atom stereocenters. The maximum absolute atomic E-state index is 12.2. The highest BCUT2D eigenvalue weighted by Crippen LogP contribution is 2.21. The van der Waals surface area contributed by atoms with Crippen molar-refractivity contribution in [3.05, 3.63) is 59.8 Å². The molecule has 0 spiro atoms. The van der Waals surface area contributed by atoms with Gasteiger partial charge in [0.2, 0.25) is 0 Å². The molecule has 2 amide bonds. The first-order chi connectivity index (χ1) is 12.6. The highest BCUT2D eigenvalue weighted by Gasteiger charge is 2.12. The van der Waals surface area contributed by atoms with Gasteiger partial charge in [-0.25, -0.2) is 0 Å². The van der Waals surface area contributed by atoms with E-state index >= 15 is 0 Å². The molecule has 2 aromatic carbocycles. The number of carbonyl (C=O) groups is 2. The number of hydrogen-bond donors (Lipinski definition) is 3. The molecule has 0 fully saturated rings. The highest BCUT2D eigenvalue weighted by atomic mass is 16.5. The number of fused-ring (bicyclic) bond motifs is 1. The Kier molecular flexibility index (Phi) is 5.07. The molecule has 7 heteroatoms. The van der Waals surface area contributed by atoms with Crippen LogP contribution in [-0.4, -0.2) is 30.5 Å². The number of hydrazine groups is 1. The predicted octanol–water partition coefficient (Wildman–Crippen LogP) is 2.65. The van der Waals surface area contributed by atoms with Gasteiger partial charge in [0.1, 0.15) is 17.2 Å². The number of benzene rings is 2. The highest BCUT2D eigenvalue weighted by molar-refractivity contribution is 6.01. The van der Waals surface area contributed by atoms with Crippen LogP contribution in [-0.2, 0) is 0 Å². The SMILES string of the molecule is CCOc1ccc(C(=O)NNC(=O)c2cc3ccc(OC)cc3[nH]2)cc1. The normalized spacial score (nSPS) is 10.4. The van der Waals surface area contributed by atoms with Gasteiger partial charge in [-0.15, -0.1) is 0 Å². The summed E-state index contributed by atoms with van der Waals surface area (Å²) >= 11 is 0. The Hall–Kier alpha value is -3.48. The fraction of sp³-hybridized carbons (Fsp3) is 0.158. The minimum absolute atomic E-state index is 0.334. The summed E-state index contributed by atoms with van der Waals surface area (Å²) in [6.45, 7) is 2.44. The first-order valence-electron chi connectivity index (χ1n) is 8.11. The molecular weight excluding hydrogens is 334 g/mol. The van der Waals surface area contributed by atoms with Crippen molar-refractivity contribution >= 4 is 22.7 Å². The number of rotatable bonds is 5. The molecule has 1 aromatic heterocycles. The lowest BCUT2D eigenvalue weighted by molar-refractivity contribution is 0.0844. The molecule has 3 rings (SSSR count). The number of methoxy groups -OCH3 is 1. The minimum atomic E-state index is -0.445. The molecule has 0 aliphatic rings. The molecule has 0 aliphatic carbocycles. The second-order valence-corrected chi connectivity index (χ2v) is 5.50. The number of hydrogen-bond acceptors (Lipinski definition) is 4. The Morgan fingerprint density at radius 1 is 0.962 bits per heavy atom. The third-order valence-corrected chi connectivity index (χ3v) is 3.79. The number of amides is 2. The molecule has 0 radical (unpaired) electrons. The van der Waals surface area contributed by atoms with E-state index in [1.165, 1.54) is 0 Å². The summed E-state index contributed by atoms with van der Waals surface area (Å²) in [5.41, 5.74) is 6.30. The number of nitrogens with one attached hydrogen (secondary N) is 3. The number of aromatic amines is 1. The summed E-state index contributed by atoms with van der Waals surface area (Å²) in [6, 6.07) is 13.8. The summed E-state index contributed by atoms with van der Waals surface area (Å²) in [6.07, 6.45) is 0. The lowest BCUT2D eigenvalue weighted by atomic mass is 10.2. The summed E-state index contributed by atoms with van der Waals surface area (Å²) in [5, 5.41) is 0.869. The molecule has 0 bridgehead atoms. The number of carbonyl (C=O) groups excluding carboxylic acids is 2. The number of ether oxygens (including phenoxy) is 2. The molecule has 134 valence electrons. The minimum Gasteiger partial charge on any atom is -0.497 e. The van der Waals surface area contributed by atoms with E-state index in [4.69, 9.17) is 9.47 Å². The zero-order valence-electron chi connectivity index (χ0n) is 14.5. The first-order valence-corrected chi connectivity index (χ1v) is 8.11. The summed E-state index contributed by atoms with van der Waals surface area (Å²) in [7, 11) is 1.58. The standard InChI is InChI=1S/C19H19N3O4/c1-3-26-14-7-4-12(5-8-14)18(23)21-22-19(24)17-10-13-6-9-15(25-2)11-16(13)20-17/h4-11,20H,3H2,1-2H3,(H,21,23)(H,22,24). The zero-order valence-corrected chi connectivity index (χ0v) is 14.5. The lowest BCUT2D eigenvalue weighted by Gasteiger charge is -2.07. The Balaban J connectivity index is 1.63. The summed E-state index contributed by atoms with van der Waals surface area (Å²) < 4.78 is 10.5. The van der Waals surface area contributed by atoms with E-state index in [9.17, 15) is 9.59 Å². The van der Waals surface area contributed by atoms with Gasteiger partial charge >= 0.3 is 0 Å². The first kappa shape index (κ1) is 17.3. The van der Waals surface area contributed by atoms with Crippen LogP contribution in [0.5, 0.6) is 11.5 Å². The van der Waals surface area contributed by atoms with E-state index in [2.05, 4.69) is 15.8 Å². The maximum Gasteiger partial charge on any atom is 0.286 e. The average molecular weight is 353 g/mol. The van der Waals surface area contributed by atoms with Gasteiger partial charge in [0.25, 0.3) is 11.8 Å². The maximum atomic E-state index is 12.2. The second kappa shape index (κ2) is 7.60. The van der Waals surface area contributed by atoms with E-state index in [0.717, 1.165) is 10.9 Å². The number of aromatic nitrogens is 1. The van der Waals surface area contributed by atoms with Crippen molar-refractivity contribution in [3.8, 4) is 11.5 Å². The van der Waals surface area contributed by atoms with E-state index in [-0.39, 0.29) is 0 Å². The van der Waals surface area contributed by atoms with Gasteiger partial charge in [-0.05, 0) is 49.4 Å². The van der Waals surface area contributed by atoms with Crippen molar-refractivity contribution in [1.82, 2.24) is 15.8 Å². The van der Waals surface area contributed by atoms with Gasteiger partial charge in [0.15, 0.2) is 0 Å². The lowest BCUT2D eigenvalue weighted by Crippen LogP contribution is -2.41. The molecule has 3 aromatic rings. The van der Waals surface area contributed by atoms with Crippen LogP contribution in [0.15, 0.2) is 48.5 Å². The van der Waals surface area contributed by atoms with Crippen LogP contribution < -0.4 is 20.3 Å². The smallest absolute Gasteiger partial charge is 0.286 e. The van der Waals surface area contributed by atoms with Crippen LogP contribution in [0.1, 0.15) is 27.8 Å². The van der Waals surface area contributed by atoms with Gasteiger partial charge in [-0.2, -0.15) is 0 Å². The van der Waals surface area contributed by atoms with E-state index in [0.29, 0.717) is 29.4 Å². The van der Waals surface area contributed by atoms with Crippen molar-refractivity contribution in [2.75, 3.05) is 13.7 Å². The topological polar surface area (TPSA) is 92.5 Å². The summed E-state index contributed by atoms with van der Waals surface area (Å²) in [5.74, 6) is 0.510. The monoisotopic (exact) mass is 353 g/mol. The Bertz CT molecular complexity index is 932. The molecule has 0 unspecified atom stereocenters. The molecule has 26 heavy (non-hydrogen) atoms. The Morgan fingerprint density at radius 3 is 2.35 bits per heavy atom. The van der Waals surface area contributed by atoms with E-state index in [1.807, 2.05) is 19.1 Å².